The van der Waals surface area contributed by atoms with Crippen LogP contribution in [0.4, 0.5) is 0 Å². The summed E-state index contributed by atoms with van der Waals surface area (Å²) in [5.41, 5.74) is 0.566. The predicted octanol–water partition coefficient (Wildman–Crippen LogP) is 1.14. The summed E-state index contributed by atoms with van der Waals surface area (Å²) >= 11 is 0. The van der Waals surface area contributed by atoms with Gasteiger partial charge < -0.3 is 5.32 Å². The third-order valence-electron chi connectivity index (χ3n) is 2.81. The summed E-state index contributed by atoms with van der Waals surface area (Å²) in [6.07, 6.45) is 3.77. The van der Waals surface area contributed by atoms with Crippen molar-refractivity contribution in [3.05, 3.63) is 0 Å². The van der Waals surface area contributed by atoms with Gasteiger partial charge in [0.2, 0.25) is 0 Å². The van der Waals surface area contributed by atoms with Crippen LogP contribution in [0.5, 0.6) is 0 Å². The van der Waals surface area contributed by atoms with Gasteiger partial charge in [0, 0.05) is 6.54 Å². The summed E-state index contributed by atoms with van der Waals surface area (Å²) in [6.45, 7) is 2.76. The molecular formula is C8H14ClNO. The zero-order chi connectivity index (χ0) is 7.19. The molecule has 0 aromatic rings. The summed E-state index contributed by atoms with van der Waals surface area (Å²) < 4.78 is 0. The summed E-state index contributed by atoms with van der Waals surface area (Å²) in [4.78, 5) is 10.9. The fourth-order valence-electron chi connectivity index (χ4n) is 1.76. The van der Waals surface area contributed by atoms with Crippen molar-refractivity contribution in [3.8, 4) is 0 Å². The Balaban J connectivity index is 0.000000605. The van der Waals surface area contributed by atoms with Crippen LogP contribution in [0.25, 0.3) is 0 Å². The quantitative estimate of drug-likeness (QED) is 0.648. The Kier molecular flexibility index (Phi) is 2.26. The molecule has 0 amide bonds. The topological polar surface area (TPSA) is 29.1 Å². The second-order valence-electron chi connectivity index (χ2n) is 3.75. The molecule has 1 unspecified atom stereocenters. The molecule has 1 aliphatic carbocycles. The lowest BCUT2D eigenvalue weighted by molar-refractivity contribution is -0.118. The van der Waals surface area contributed by atoms with Gasteiger partial charge in [-0.3, -0.25) is 4.79 Å². The number of carbonyl (C=O) groups excluding carboxylic acids is 1. The fraction of sp³-hybridized carbons (Fsp3) is 0.875. The summed E-state index contributed by atoms with van der Waals surface area (Å²) in [5, 5.41) is 3.26. The highest BCUT2D eigenvalue weighted by atomic mass is 35.5. The normalized spacial score (nSPS) is 31.5. The number of Topliss-reactive ketones (excluding diaryl/α,β-unsaturated/α-hetero) is 1. The first-order valence-corrected chi connectivity index (χ1v) is 3.96. The Morgan fingerprint density at radius 3 is 2.45 bits per heavy atom. The maximum Gasteiger partial charge on any atom is 0.146 e. The average molecular weight is 176 g/mol. The number of rotatable bonds is 1. The molecule has 1 saturated carbocycles. The van der Waals surface area contributed by atoms with E-state index >= 15 is 0 Å². The van der Waals surface area contributed by atoms with Gasteiger partial charge >= 0.3 is 0 Å². The Bertz CT molecular complexity index is 177. The first-order valence-electron chi connectivity index (χ1n) is 3.96. The Morgan fingerprint density at radius 1 is 1.55 bits per heavy atom. The first kappa shape index (κ1) is 9.01. The molecule has 11 heavy (non-hydrogen) atoms. The van der Waals surface area contributed by atoms with Crippen LogP contribution < -0.4 is 5.32 Å². The largest absolute Gasteiger partial charge is 0.307 e. The molecule has 1 saturated heterocycles. The van der Waals surface area contributed by atoms with Crippen molar-refractivity contribution in [3.63, 3.8) is 0 Å². The summed E-state index contributed by atoms with van der Waals surface area (Å²) in [7, 11) is 0. The van der Waals surface area contributed by atoms with Crippen molar-refractivity contribution in [2.75, 3.05) is 6.54 Å². The van der Waals surface area contributed by atoms with Gasteiger partial charge in [0.25, 0.3) is 0 Å². The molecule has 1 N–H and O–H groups in total. The number of ketones is 1. The number of halogens is 1. The molecule has 64 valence electrons. The van der Waals surface area contributed by atoms with Gasteiger partial charge in [-0.25, -0.2) is 0 Å². The van der Waals surface area contributed by atoms with E-state index in [4.69, 9.17) is 0 Å². The second-order valence-corrected chi connectivity index (χ2v) is 3.75. The monoisotopic (exact) mass is 175 g/mol. The minimum Gasteiger partial charge on any atom is -0.307 e. The highest BCUT2D eigenvalue weighted by Crippen LogP contribution is 2.51. The number of hydrogen-bond donors (Lipinski definition) is 1. The summed E-state index contributed by atoms with van der Waals surface area (Å²) in [5.74, 6) is 0.309. The second kappa shape index (κ2) is 2.76. The molecule has 2 aliphatic rings. The van der Waals surface area contributed by atoms with Crippen molar-refractivity contribution in [2.24, 2.45) is 5.41 Å². The van der Waals surface area contributed by atoms with Gasteiger partial charge in [-0.05, 0) is 31.6 Å². The van der Waals surface area contributed by atoms with Crippen molar-refractivity contribution < 1.29 is 4.79 Å². The third kappa shape index (κ3) is 1.57. The molecule has 2 fully saturated rings. The SMILES string of the molecule is CC(=O)C1CC2(CC2)CN1.Cl. The molecule has 0 radical (unpaired) electrons. The van der Waals surface area contributed by atoms with E-state index in [1.807, 2.05) is 0 Å². The number of carbonyl (C=O) groups is 1. The van der Waals surface area contributed by atoms with Crippen molar-refractivity contribution >= 4 is 18.2 Å². The van der Waals surface area contributed by atoms with E-state index in [2.05, 4.69) is 5.32 Å². The van der Waals surface area contributed by atoms with Crippen LogP contribution >= 0.6 is 12.4 Å². The smallest absolute Gasteiger partial charge is 0.146 e. The van der Waals surface area contributed by atoms with Crippen LogP contribution in [-0.2, 0) is 4.79 Å². The fourth-order valence-corrected chi connectivity index (χ4v) is 1.76. The highest BCUT2D eigenvalue weighted by Gasteiger charge is 2.49. The Morgan fingerprint density at radius 2 is 2.18 bits per heavy atom. The maximum atomic E-state index is 10.9. The van der Waals surface area contributed by atoms with E-state index in [9.17, 15) is 4.79 Å². The molecule has 0 bridgehead atoms. The zero-order valence-electron chi connectivity index (χ0n) is 6.72. The van der Waals surface area contributed by atoms with Gasteiger partial charge in [0.15, 0.2) is 0 Å². The van der Waals surface area contributed by atoms with Gasteiger partial charge in [-0.2, -0.15) is 0 Å². The highest BCUT2D eigenvalue weighted by molar-refractivity contribution is 5.85. The van der Waals surface area contributed by atoms with E-state index in [-0.39, 0.29) is 18.4 Å². The van der Waals surface area contributed by atoms with E-state index < -0.39 is 0 Å². The van der Waals surface area contributed by atoms with Crippen molar-refractivity contribution in [1.29, 1.82) is 0 Å². The van der Waals surface area contributed by atoms with Crippen LogP contribution in [0.2, 0.25) is 0 Å². The minimum atomic E-state index is 0. The zero-order valence-corrected chi connectivity index (χ0v) is 7.54. The molecule has 1 heterocycles. The van der Waals surface area contributed by atoms with Crippen LogP contribution in [-0.4, -0.2) is 18.4 Å². The Labute approximate surface area is 73.1 Å². The maximum absolute atomic E-state index is 10.9. The molecule has 3 heteroatoms. The standard InChI is InChI=1S/C8H13NO.ClH/c1-6(10)7-4-8(2-3-8)5-9-7;/h7,9H,2-5H2,1H3;1H. The van der Waals surface area contributed by atoms with E-state index in [0.29, 0.717) is 11.2 Å². The first-order chi connectivity index (χ1) is 4.72. The van der Waals surface area contributed by atoms with E-state index in [0.717, 1.165) is 13.0 Å². The molecule has 2 nitrogen and oxygen atoms in total. The van der Waals surface area contributed by atoms with Crippen LogP contribution in [0.3, 0.4) is 0 Å². The molecule has 1 atom stereocenters. The Hall–Kier alpha value is -0.0800. The van der Waals surface area contributed by atoms with E-state index in [1.54, 1.807) is 6.92 Å². The molecule has 0 aromatic heterocycles. The van der Waals surface area contributed by atoms with Crippen molar-refractivity contribution in [1.82, 2.24) is 5.32 Å². The molecule has 2 rings (SSSR count). The minimum absolute atomic E-state index is 0. The lowest BCUT2D eigenvalue weighted by Gasteiger charge is -2.03. The van der Waals surface area contributed by atoms with Crippen LogP contribution in [0.1, 0.15) is 26.2 Å². The van der Waals surface area contributed by atoms with Crippen LogP contribution in [0, 0.1) is 5.41 Å². The van der Waals surface area contributed by atoms with Crippen LogP contribution in [0.15, 0.2) is 0 Å². The van der Waals surface area contributed by atoms with Gasteiger partial charge in [0.1, 0.15) is 5.78 Å². The molecule has 1 spiro atoms. The van der Waals surface area contributed by atoms with Gasteiger partial charge in [-0.15, -0.1) is 12.4 Å². The molecular weight excluding hydrogens is 162 g/mol. The lowest BCUT2D eigenvalue weighted by atomic mass is 10.0. The van der Waals surface area contributed by atoms with E-state index in [1.165, 1.54) is 12.8 Å². The summed E-state index contributed by atoms with van der Waals surface area (Å²) in [6, 6.07) is 0.183. The lowest BCUT2D eigenvalue weighted by Crippen LogP contribution is -2.28. The van der Waals surface area contributed by atoms with Crippen molar-refractivity contribution in [2.45, 2.75) is 32.2 Å². The average Bonchev–Trinajstić information content (AvgIpc) is 2.41. The third-order valence-corrected chi connectivity index (χ3v) is 2.81. The molecule has 0 aromatic carbocycles. The van der Waals surface area contributed by atoms with Gasteiger partial charge in [0.05, 0.1) is 6.04 Å². The number of hydrogen-bond acceptors (Lipinski definition) is 2. The predicted molar refractivity (Wildman–Crippen MR) is 46.0 cm³/mol. The number of nitrogens with one attached hydrogen (secondary N) is 1. The van der Waals surface area contributed by atoms with Gasteiger partial charge in [-0.1, -0.05) is 0 Å². The molecule has 1 aliphatic heterocycles.